The highest BCUT2D eigenvalue weighted by molar-refractivity contribution is 5.72. The summed E-state index contributed by atoms with van der Waals surface area (Å²) < 4.78 is 17.2. The maximum absolute atomic E-state index is 12.7. The second-order valence-corrected chi connectivity index (χ2v) is 14.5. The summed E-state index contributed by atoms with van der Waals surface area (Å²) in [7, 11) is 5.48. The average molecular weight is 767 g/mol. The van der Waals surface area contributed by atoms with E-state index in [1.807, 2.05) is 21.1 Å². The number of esters is 2. The molecule has 310 valence electrons. The standard InChI is InChI=1S/C47H75NO7/c1-6-8-10-12-14-16-18-20-22-23-24-26-27-29-31-33-35-37-45(49)54-42-43(41-53-40-39-44(47(51)52)48(3,4)5)55-46(50)38-36-34-32-30-28-25-21-19-17-15-13-11-9-7-2/h8-11,14-17,20-22,24-26,29,31,43-44H,6-7,12-13,18-19,23,27-28,30,32-42H2,1-5H3/p+1/b10-8+,11-9+,16-14+,17-15+,22-20+,25-21+,26-24+,31-29+. The van der Waals surface area contributed by atoms with Gasteiger partial charge in [0.25, 0.3) is 0 Å². The van der Waals surface area contributed by atoms with E-state index in [1.165, 1.54) is 0 Å². The second kappa shape index (κ2) is 37.2. The molecule has 0 fully saturated rings. The maximum atomic E-state index is 12.7. The number of unbranched alkanes of at least 4 members (excludes halogenated alkanes) is 5. The van der Waals surface area contributed by atoms with Gasteiger partial charge in [0.05, 0.1) is 34.4 Å². The molecule has 0 aliphatic rings. The molecule has 2 atom stereocenters. The quantitative estimate of drug-likeness (QED) is 0.0297. The number of aliphatic carboxylic acids is 1. The van der Waals surface area contributed by atoms with Gasteiger partial charge in [0.2, 0.25) is 0 Å². The summed E-state index contributed by atoms with van der Waals surface area (Å²) in [4.78, 5) is 36.9. The van der Waals surface area contributed by atoms with E-state index in [0.717, 1.165) is 89.9 Å². The van der Waals surface area contributed by atoms with Crippen LogP contribution in [-0.2, 0) is 28.6 Å². The molecule has 0 aliphatic heterocycles. The van der Waals surface area contributed by atoms with E-state index in [2.05, 4.69) is 111 Å². The summed E-state index contributed by atoms with van der Waals surface area (Å²) in [6.07, 6.45) is 48.9. The zero-order valence-corrected chi connectivity index (χ0v) is 35.1. The fourth-order valence-electron chi connectivity index (χ4n) is 5.32. The number of hydrogen-bond donors (Lipinski definition) is 1. The van der Waals surface area contributed by atoms with E-state index in [1.54, 1.807) is 0 Å². The van der Waals surface area contributed by atoms with Gasteiger partial charge in [-0.3, -0.25) is 9.59 Å². The summed E-state index contributed by atoms with van der Waals surface area (Å²) in [5.41, 5.74) is 0. The van der Waals surface area contributed by atoms with Gasteiger partial charge in [-0.15, -0.1) is 0 Å². The van der Waals surface area contributed by atoms with E-state index in [9.17, 15) is 19.5 Å². The Bertz CT molecular complexity index is 1220. The smallest absolute Gasteiger partial charge is 0.362 e. The monoisotopic (exact) mass is 767 g/mol. The van der Waals surface area contributed by atoms with E-state index >= 15 is 0 Å². The van der Waals surface area contributed by atoms with Crippen molar-refractivity contribution in [1.29, 1.82) is 0 Å². The Kier molecular flexibility index (Phi) is 34.7. The van der Waals surface area contributed by atoms with Crippen molar-refractivity contribution in [2.75, 3.05) is 41.0 Å². The molecule has 0 aromatic carbocycles. The molecule has 8 nitrogen and oxygen atoms in total. The summed E-state index contributed by atoms with van der Waals surface area (Å²) in [5, 5.41) is 9.60. The second-order valence-electron chi connectivity index (χ2n) is 14.5. The van der Waals surface area contributed by atoms with Gasteiger partial charge in [0.15, 0.2) is 12.1 Å². The molecule has 55 heavy (non-hydrogen) atoms. The Hall–Kier alpha value is -3.75. The molecule has 0 aromatic heterocycles. The Labute approximate surface area is 335 Å². The van der Waals surface area contributed by atoms with Crippen molar-refractivity contribution >= 4 is 17.9 Å². The molecule has 0 saturated heterocycles. The van der Waals surface area contributed by atoms with Gasteiger partial charge in [0, 0.05) is 19.3 Å². The van der Waals surface area contributed by atoms with Gasteiger partial charge in [-0.1, -0.05) is 124 Å². The number of quaternary nitrogens is 1. The van der Waals surface area contributed by atoms with Crippen LogP contribution in [-0.4, -0.2) is 80.6 Å². The molecule has 2 unspecified atom stereocenters. The predicted octanol–water partition coefficient (Wildman–Crippen LogP) is 11.1. The first-order chi connectivity index (χ1) is 26.6. The summed E-state index contributed by atoms with van der Waals surface area (Å²) in [5.74, 6) is -1.59. The van der Waals surface area contributed by atoms with Gasteiger partial charge < -0.3 is 23.8 Å². The number of nitrogens with zero attached hydrogens (tertiary/aromatic N) is 1. The molecule has 0 radical (unpaired) electrons. The zero-order chi connectivity index (χ0) is 40.7. The summed E-state index contributed by atoms with van der Waals surface area (Å²) in [6, 6.07) is -0.632. The first kappa shape index (κ1) is 51.2. The number of allylic oxidation sites excluding steroid dienone is 16. The van der Waals surface area contributed by atoms with Crippen molar-refractivity contribution in [3.05, 3.63) is 97.2 Å². The maximum Gasteiger partial charge on any atom is 0.362 e. The minimum atomic E-state index is -0.892. The van der Waals surface area contributed by atoms with Crippen LogP contribution in [0.25, 0.3) is 0 Å². The predicted molar refractivity (Wildman–Crippen MR) is 229 cm³/mol. The van der Waals surface area contributed by atoms with E-state index in [0.29, 0.717) is 12.8 Å². The van der Waals surface area contributed by atoms with Gasteiger partial charge >= 0.3 is 17.9 Å². The average Bonchev–Trinajstić information content (AvgIpc) is 3.14. The number of carbonyl (C=O) groups excluding carboxylic acids is 2. The largest absolute Gasteiger partial charge is 0.477 e. The topological polar surface area (TPSA) is 99.1 Å². The molecule has 0 aromatic rings. The van der Waals surface area contributed by atoms with Crippen molar-refractivity contribution < 1.29 is 38.2 Å². The number of carbonyl (C=O) groups is 3. The first-order valence-corrected chi connectivity index (χ1v) is 20.8. The minimum absolute atomic E-state index is 0.0273. The van der Waals surface area contributed by atoms with Crippen LogP contribution in [0.1, 0.15) is 129 Å². The highest BCUT2D eigenvalue weighted by atomic mass is 16.6. The number of rotatable bonds is 35. The SMILES string of the molecule is CC/C=C/C/C=C/C/C=C/C/C=C/C/C=C/CCCC(=O)OCC(COCCC(C(=O)O)[N+](C)(C)C)OC(=O)CCCCCC/C=C/C/C=C/C/C=C/CC. The number of hydrogen-bond acceptors (Lipinski definition) is 6. The minimum Gasteiger partial charge on any atom is -0.477 e. The van der Waals surface area contributed by atoms with E-state index < -0.39 is 18.1 Å². The lowest BCUT2D eigenvalue weighted by Crippen LogP contribution is -2.50. The van der Waals surface area contributed by atoms with Crippen LogP contribution in [0.5, 0.6) is 0 Å². The molecule has 8 heteroatoms. The molecule has 1 N–H and O–H groups in total. The molecule has 0 aliphatic carbocycles. The summed E-state index contributed by atoms with van der Waals surface area (Å²) in [6.45, 7) is 4.39. The third-order valence-electron chi connectivity index (χ3n) is 8.48. The molecule has 0 bridgehead atoms. The van der Waals surface area contributed by atoms with Crippen LogP contribution in [0, 0.1) is 0 Å². The first-order valence-electron chi connectivity index (χ1n) is 20.8. The number of carboxylic acids is 1. The van der Waals surface area contributed by atoms with Gasteiger partial charge in [-0.2, -0.15) is 0 Å². The lowest BCUT2D eigenvalue weighted by Gasteiger charge is -2.31. The molecule has 0 saturated carbocycles. The molecular weight excluding hydrogens is 691 g/mol. The van der Waals surface area contributed by atoms with Gasteiger partial charge in [-0.05, 0) is 83.5 Å². The fourth-order valence-corrected chi connectivity index (χ4v) is 5.32. The summed E-state index contributed by atoms with van der Waals surface area (Å²) >= 11 is 0. The Morgan fingerprint density at radius 1 is 0.545 bits per heavy atom. The normalized spacial score (nSPS) is 14.0. The van der Waals surface area contributed by atoms with Crippen molar-refractivity contribution in [3.8, 4) is 0 Å². The molecule has 0 heterocycles. The van der Waals surface area contributed by atoms with Crippen LogP contribution < -0.4 is 0 Å². The third kappa shape index (κ3) is 35.7. The number of likely N-dealkylation sites (N-methyl/N-ethyl adjacent to an activating group) is 1. The van der Waals surface area contributed by atoms with Crippen LogP contribution in [0.2, 0.25) is 0 Å². The lowest BCUT2D eigenvalue weighted by molar-refractivity contribution is -0.887. The molecule has 0 spiro atoms. The van der Waals surface area contributed by atoms with Crippen LogP contribution >= 0.6 is 0 Å². The van der Waals surface area contributed by atoms with Crippen molar-refractivity contribution in [2.45, 2.75) is 142 Å². The number of carboxylic acid groups (broad SMARTS) is 1. The molecule has 0 rings (SSSR count). The fraction of sp³-hybridized carbons (Fsp3) is 0.596. The highest BCUT2D eigenvalue weighted by Crippen LogP contribution is 2.11. The van der Waals surface area contributed by atoms with Gasteiger partial charge in [-0.25, -0.2) is 4.79 Å². The van der Waals surface area contributed by atoms with Crippen molar-refractivity contribution in [1.82, 2.24) is 0 Å². The van der Waals surface area contributed by atoms with Gasteiger partial charge in [0.1, 0.15) is 6.61 Å². The van der Waals surface area contributed by atoms with Crippen LogP contribution in [0.4, 0.5) is 0 Å². The lowest BCUT2D eigenvalue weighted by atomic mass is 10.1. The van der Waals surface area contributed by atoms with Crippen LogP contribution in [0.15, 0.2) is 97.2 Å². The third-order valence-corrected chi connectivity index (χ3v) is 8.48. The molecule has 0 amide bonds. The van der Waals surface area contributed by atoms with Crippen LogP contribution in [0.3, 0.4) is 0 Å². The Morgan fingerprint density at radius 2 is 0.982 bits per heavy atom. The van der Waals surface area contributed by atoms with Crippen molar-refractivity contribution in [3.63, 3.8) is 0 Å². The zero-order valence-electron chi connectivity index (χ0n) is 35.1. The Balaban J connectivity index is 4.53. The molecular formula is C47H76NO7+. The Morgan fingerprint density at radius 3 is 1.45 bits per heavy atom. The van der Waals surface area contributed by atoms with E-state index in [4.69, 9.17) is 14.2 Å². The highest BCUT2D eigenvalue weighted by Gasteiger charge is 2.31. The van der Waals surface area contributed by atoms with E-state index in [-0.39, 0.29) is 49.1 Å². The number of ether oxygens (including phenoxy) is 3. The van der Waals surface area contributed by atoms with Crippen molar-refractivity contribution in [2.24, 2.45) is 0 Å².